The number of carbonyl (C=O) groups is 1. The summed E-state index contributed by atoms with van der Waals surface area (Å²) in [7, 11) is 0. The summed E-state index contributed by atoms with van der Waals surface area (Å²) in [5.41, 5.74) is 4.43. The van der Waals surface area contributed by atoms with Crippen LogP contribution >= 0.6 is 22.9 Å². The van der Waals surface area contributed by atoms with Crippen molar-refractivity contribution in [2.45, 2.75) is 25.7 Å². The second-order valence-corrected chi connectivity index (χ2v) is 7.87. The van der Waals surface area contributed by atoms with Gasteiger partial charge in [-0.15, -0.1) is 11.3 Å². The minimum atomic E-state index is -0.565. The number of halogens is 1. The Bertz CT molecular complexity index is 1080. The number of amides is 1. The monoisotopic (exact) mass is 413 g/mol. The molecule has 0 saturated heterocycles. The number of non-ortho nitro benzene ring substituents is 1. The van der Waals surface area contributed by atoms with E-state index in [1.165, 1.54) is 47.4 Å². The maximum atomic E-state index is 12.5. The second kappa shape index (κ2) is 7.69. The highest BCUT2D eigenvalue weighted by Gasteiger charge is 2.18. The number of anilines is 1. The van der Waals surface area contributed by atoms with Crippen LogP contribution in [0.3, 0.4) is 0 Å². The van der Waals surface area contributed by atoms with Gasteiger partial charge in [0.15, 0.2) is 5.13 Å². The van der Waals surface area contributed by atoms with E-state index in [1.807, 2.05) is 5.38 Å². The first-order chi connectivity index (χ1) is 13.5. The molecule has 142 valence electrons. The van der Waals surface area contributed by atoms with Crippen LogP contribution in [0, 0.1) is 10.1 Å². The number of hydrogen-bond acceptors (Lipinski definition) is 5. The molecule has 6 nitrogen and oxygen atoms in total. The molecule has 0 unspecified atom stereocenters. The van der Waals surface area contributed by atoms with Crippen molar-refractivity contribution < 1.29 is 9.72 Å². The van der Waals surface area contributed by atoms with Gasteiger partial charge in [0.2, 0.25) is 0 Å². The van der Waals surface area contributed by atoms with Gasteiger partial charge < -0.3 is 0 Å². The molecular weight excluding hydrogens is 398 g/mol. The molecule has 28 heavy (non-hydrogen) atoms. The van der Waals surface area contributed by atoms with Crippen molar-refractivity contribution in [1.29, 1.82) is 0 Å². The van der Waals surface area contributed by atoms with Crippen molar-refractivity contribution in [1.82, 2.24) is 4.98 Å². The topological polar surface area (TPSA) is 85.1 Å². The summed E-state index contributed by atoms with van der Waals surface area (Å²) in [6.45, 7) is 0. The molecule has 1 amide bonds. The minimum absolute atomic E-state index is 0.0430. The maximum Gasteiger partial charge on any atom is 0.270 e. The molecule has 1 aliphatic carbocycles. The van der Waals surface area contributed by atoms with Crippen molar-refractivity contribution in [2.24, 2.45) is 0 Å². The van der Waals surface area contributed by atoms with E-state index in [-0.39, 0.29) is 16.3 Å². The Labute approximate surface area is 170 Å². The number of nitro groups is 1. The fourth-order valence-corrected chi connectivity index (χ4v) is 4.24. The number of aryl methyl sites for hydroxylation is 2. The van der Waals surface area contributed by atoms with E-state index >= 15 is 0 Å². The Hall–Kier alpha value is -2.77. The van der Waals surface area contributed by atoms with Gasteiger partial charge in [-0.3, -0.25) is 20.2 Å². The lowest BCUT2D eigenvalue weighted by Crippen LogP contribution is -2.12. The van der Waals surface area contributed by atoms with Gasteiger partial charge in [-0.05, 0) is 48.9 Å². The number of nitro benzene ring substituents is 1. The Kier molecular flexibility index (Phi) is 5.11. The molecule has 4 rings (SSSR count). The Balaban J connectivity index is 1.55. The van der Waals surface area contributed by atoms with Crippen LogP contribution in [0.2, 0.25) is 5.02 Å². The molecule has 1 heterocycles. The van der Waals surface area contributed by atoms with Gasteiger partial charge in [0.05, 0.1) is 21.2 Å². The molecule has 1 aromatic heterocycles. The molecule has 0 spiro atoms. The molecule has 1 N–H and O–H groups in total. The predicted molar refractivity (Wildman–Crippen MR) is 110 cm³/mol. The third-order valence-corrected chi connectivity index (χ3v) is 5.86. The highest BCUT2D eigenvalue weighted by molar-refractivity contribution is 7.14. The van der Waals surface area contributed by atoms with Crippen LogP contribution in [0.15, 0.2) is 41.8 Å². The quantitative estimate of drug-likeness (QED) is 0.451. The summed E-state index contributed by atoms with van der Waals surface area (Å²) in [5, 5.41) is 16.1. The average molecular weight is 414 g/mol. The summed E-state index contributed by atoms with van der Waals surface area (Å²) in [4.78, 5) is 27.4. The Morgan fingerprint density at radius 3 is 2.71 bits per heavy atom. The average Bonchev–Trinajstić information content (AvgIpc) is 3.16. The number of nitrogens with zero attached hydrogens (tertiary/aromatic N) is 2. The standard InChI is InChI=1S/C20H16ClN3O3S/c21-17-8-7-15(24(26)27)10-16(17)19(25)23-20-22-18(11-28-20)14-6-5-12-3-1-2-4-13(12)9-14/h5-11H,1-4H2,(H,22,23,25). The number of aromatic nitrogens is 1. The van der Waals surface area contributed by atoms with Gasteiger partial charge in [-0.25, -0.2) is 4.98 Å². The molecule has 8 heteroatoms. The summed E-state index contributed by atoms with van der Waals surface area (Å²) < 4.78 is 0. The molecule has 0 atom stereocenters. The van der Waals surface area contributed by atoms with Crippen LogP contribution in [-0.2, 0) is 12.8 Å². The molecule has 0 radical (unpaired) electrons. The van der Waals surface area contributed by atoms with Crippen LogP contribution in [0.4, 0.5) is 10.8 Å². The SMILES string of the molecule is O=C(Nc1nc(-c2ccc3c(c2)CCCC3)cs1)c1cc([N+](=O)[O-])ccc1Cl. The molecule has 2 aromatic carbocycles. The van der Waals surface area contributed by atoms with Crippen LogP contribution < -0.4 is 5.32 Å². The van der Waals surface area contributed by atoms with Crippen LogP contribution in [-0.4, -0.2) is 15.8 Å². The first-order valence-electron chi connectivity index (χ1n) is 8.84. The van der Waals surface area contributed by atoms with Gasteiger partial charge >= 0.3 is 0 Å². The molecular formula is C20H16ClN3O3S. The summed E-state index contributed by atoms with van der Waals surface area (Å²) in [6.07, 6.45) is 4.65. The van der Waals surface area contributed by atoms with Crippen molar-refractivity contribution in [3.05, 3.63) is 73.6 Å². The zero-order chi connectivity index (χ0) is 19.7. The molecule has 1 aliphatic rings. The fourth-order valence-electron chi connectivity index (χ4n) is 3.32. The lowest BCUT2D eigenvalue weighted by molar-refractivity contribution is -0.384. The lowest BCUT2D eigenvalue weighted by Gasteiger charge is -2.16. The van der Waals surface area contributed by atoms with E-state index in [9.17, 15) is 14.9 Å². The van der Waals surface area contributed by atoms with E-state index in [2.05, 4.69) is 28.5 Å². The van der Waals surface area contributed by atoms with E-state index in [0.717, 1.165) is 30.2 Å². The molecule has 0 bridgehead atoms. The van der Waals surface area contributed by atoms with Crippen molar-refractivity contribution in [2.75, 3.05) is 5.32 Å². The smallest absolute Gasteiger partial charge is 0.270 e. The normalized spacial score (nSPS) is 13.0. The van der Waals surface area contributed by atoms with Gasteiger partial charge in [-0.2, -0.15) is 0 Å². The number of rotatable bonds is 4. The van der Waals surface area contributed by atoms with E-state index < -0.39 is 10.8 Å². The molecule has 0 fully saturated rings. The molecule has 0 aliphatic heterocycles. The van der Waals surface area contributed by atoms with Crippen LogP contribution in [0.25, 0.3) is 11.3 Å². The van der Waals surface area contributed by atoms with Gasteiger partial charge in [0.1, 0.15) is 0 Å². The maximum absolute atomic E-state index is 12.5. The Morgan fingerprint density at radius 1 is 1.14 bits per heavy atom. The number of thiazole rings is 1. The minimum Gasteiger partial charge on any atom is -0.298 e. The van der Waals surface area contributed by atoms with E-state index in [4.69, 9.17) is 11.6 Å². The number of hydrogen-bond donors (Lipinski definition) is 1. The zero-order valence-corrected chi connectivity index (χ0v) is 16.3. The number of carbonyl (C=O) groups excluding carboxylic acids is 1. The predicted octanol–water partition coefficient (Wildman–Crippen LogP) is 5.50. The Morgan fingerprint density at radius 2 is 1.93 bits per heavy atom. The van der Waals surface area contributed by atoms with Crippen molar-refractivity contribution >= 4 is 39.7 Å². The van der Waals surface area contributed by atoms with Crippen molar-refractivity contribution in [3.63, 3.8) is 0 Å². The lowest BCUT2D eigenvalue weighted by atomic mass is 9.90. The fraction of sp³-hybridized carbons (Fsp3) is 0.200. The van der Waals surface area contributed by atoms with E-state index in [0.29, 0.717) is 5.13 Å². The van der Waals surface area contributed by atoms with Crippen LogP contribution in [0.5, 0.6) is 0 Å². The number of benzene rings is 2. The number of fused-ring (bicyclic) bond motifs is 1. The largest absolute Gasteiger partial charge is 0.298 e. The summed E-state index contributed by atoms with van der Waals surface area (Å²) >= 11 is 7.33. The van der Waals surface area contributed by atoms with Gasteiger partial charge in [0.25, 0.3) is 11.6 Å². The third kappa shape index (κ3) is 3.76. The van der Waals surface area contributed by atoms with Gasteiger partial charge in [0, 0.05) is 23.1 Å². The van der Waals surface area contributed by atoms with Crippen molar-refractivity contribution in [3.8, 4) is 11.3 Å². The summed E-state index contributed by atoms with van der Waals surface area (Å²) in [5.74, 6) is -0.528. The van der Waals surface area contributed by atoms with Gasteiger partial charge in [-0.1, -0.05) is 23.7 Å². The number of nitrogens with one attached hydrogen (secondary N) is 1. The molecule has 3 aromatic rings. The second-order valence-electron chi connectivity index (χ2n) is 6.60. The third-order valence-electron chi connectivity index (χ3n) is 4.77. The van der Waals surface area contributed by atoms with Crippen LogP contribution in [0.1, 0.15) is 34.3 Å². The summed E-state index contributed by atoms with van der Waals surface area (Å²) in [6, 6.07) is 10.2. The first-order valence-corrected chi connectivity index (χ1v) is 10.1. The molecule has 0 saturated carbocycles. The highest BCUT2D eigenvalue weighted by atomic mass is 35.5. The first kappa shape index (κ1) is 18.6. The zero-order valence-electron chi connectivity index (χ0n) is 14.8. The highest BCUT2D eigenvalue weighted by Crippen LogP contribution is 2.30. The van der Waals surface area contributed by atoms with E-state index in [1.54, 1.807) is 0 Å².